The molecule has 0 bridgehead atoms. The summed E-state index contributed by atoms with van der Waals surface area (Å²) in [7, 11) is -3.87. The molecule has 5 nitrogen and oxygen atoms in total. The van der Waals surface area contributed by atoms with Crippen molar-refractivity contribution < 1.29 is 18.3 Å². The number of hydrogen-bond acceptors (Lipinski definition) is 3. The van der Waals surface area contributed by atoms with Gasteiger partial charge in [-0.15, -0.1) is 0 Å². The second-order valence-corrected chi connectivity index (χ2v) is 7.82. The molecular formula is C13H15Cl2NO4S. The first-order valence-electron chi connectivity index (χ1n) is 6.41. The van der Waals surface area contributed by atoms with Gasteiger partial charge in [0.1, 0.15) is 4.90 Å². The smallest absolute Gasteiger partial charge is 0.303 e. The van der Waals surface area contributed by atoms with Gasteiger partial charge in [-0.25, -0.2) is 13.1 Å². The Morgan fingerprint density at radius 3 is 2.29 bits per heavy atom. The molecule has 0 atom stereocenters. The highest BCUT2D eigenvalue weighted by atomic mass is 35.5. The second-order valence-electron chi connectivity index (χ2n) is 5.30. The Morgan fingerprint density at radius 1 is 1.29 bits per heavy atom. The zero-order chi connectivity index (χ0) is 15.7. The molecule has 0 aliphatic heterocycles. The number of carbonyl (C=O) groups is 1. The average molecular weight is 352 g/mol. The average Bonchev–Trinajstić information content (AvgIpc) is 2.31. The maximum Gasteiger partial charge on any atom is 0.303 e. The molecule has 1 saturated carbocycles. The molecule has 0 unspecified atom stereocenters. The minimum absolute atomic E-state index is 0.0379. The van der Waals surface area contributed by atoms with Crippen LogP contribution >= 0.6 is 23.2 Å². The van der Waals surface area contributed by atoms with Crippen LogP contribution in [0.3, 0.4) is 0 Å². The lowest BCUT2D eigenvalue weighted by Crippen LogP contribution is -2.43. The van der Waals surface area contributed by atoms with Gasteiger partial charge in [0.15, 0.2) is 0 Å². The Morgan fingerprint density at radius 2 is 1.86 bits per heavy atom. The van der Waals surface area contributed by atoms with Crippen molar-refractivity contribution in [3.8, 4) is 0 Å². The molecule has 2 rings (SSSR count). The number of hydrogen-bond donors (Lipinski definition) is 2. The highest BCUT2D eigenvalue weighted by Crippen LogP contribution is 2.43. The molecule has 21 heavy (non-hydrogen) atoms. The van der Waals surface area contributed by atoms with Crippen molar-refractivity contribution in [2.45, 2.75) is 30.6 Å². The molecule has 0 saturated heterocycles. The maximum absolute atomic E-state index is 12.3. The van der Waals surface area contributed by atoms with Crippen molar-refractivity contribution in [2.75, 3.05) is 6.54 Å². The Labute approximate surface area is 133 Å². The molecule has 1 aliphatic rings. The summed E-state index contributed by atoms with van der Waals surface area (Å²) in [6.07, 6.45) is 2.24. The number of benzene rings is 1. The standard InChI is InChI=1S/C13H15Cl2NO4S/c14-9-3-1-4-10(15)12(9)21(19,20)16-8-13(5-2-6-13)7-11(17)18/h1,3-4,16H,2,5-8H2,(H,17,18). The summed E-state index contributed by atoms with van der Waals surface area (Å²) in [4.78, 5) is 10.7. The molecular weight excluding hydrogens is 337 g/mol. The molecule has 0 amide bonds. The summed E-state index contributed by atoms with van der Waals surface area (Å²) in [6, 6.07) is 4.44. The Balaban J connectivity index is 2.17. The number of sulfonamides is 1. The van der Waals surface area contributed by atoms with E-state index in [9.17, 15) is 13.2 Å². The van der Waals surface area contributed by atoms with E-state index in [0.717, 1.165) is 6.42 Å². The van der Waals surface area contributed by atoms with E-state index in [1.165, 1.54) is 12.1 Å². The summed E-state index contributed by atoms with van der Waals surface area (Å²) in [6.45, 7) is 0.0726. The largest absolute Gasteiger partial charge is 0.481 e. The van der Waals surface area contributed by atoms with E-state index >= 15 is 0 Å². The summed E-state index contributed by atoms with van der Waals surface area (Å²) in [5.74, 6) is -0.926. The molecule has 1 fully saturated rings. The van der Waals surface area contributed by atoms with E-state index in [2.05, 4.69) is 4.72 Å². The van der Waals surface area contributed by atoms with E-state index in [4.69, 9.17) is 28.3 Å². The van der Waals surface area contributed by atoms with Crippen LogP contribution in [-0.2, 0) is 14.8 Å². The second kappa shape index (κ2) is 6.12. The fourth-order valence-electron chi connectivity index (χ4n) is 2.47. The van der Waals surface area contributed by atoms with Crippen molar-refractivity contribution in [3.05, 3.63) is 28.2 Å². The Bertz CT molecular complexity index is 636. The maximum atomic E-state index is 12.3. The normalized spacial score (nSPS) is 17.2. The fourth-order valence-corrected chi connectivity index (χ4v) is 4.77. The van der Waals surface area contributed by atoms with Crippen LogP contribution in [0.4, 0.5) is 0 Å². The predicted molar refractivity (Wildman–Crippen MR) is 80.2 cm³/mol. The van der Waals surface area contributed by atoms with Gasteiger partial charge in [0, 0.05) is 6.54 Å². The van der Waals surface area contributed by atoms with E-state index in [1.807, 2.05) is 0 Å². The van der Waals surface area contributed by atoms with Gasteiger partial charge in [-0.05, 0) is 30.4 Å². The first-order chi connectivity index (χ1) is 9.76. The number of nitrogens with one attached hydrogen (secondary N) is 1. The number of carboxylic acids is 1. The third kappa shape index (κ3) is 3.69. The van der Waals surface area contributed by atoms with Crippen LogP contribution in [0.1, 0.15) is 25.7 Å². The van der Waals surface area contributed by atoms with E-state index in [0.29, 0.717) is 12.8 Å². The van der Waals surface area contributed by atoms with Crippen molar-refractivity contribution in [1.82, 2.24) is 4.72 Å². The lowest BCUT2D eigenvalue weighted by atomic mass is 9.67. The van der Waals surface area contributed by atoms with Crippen molar-refractivity contribution in [3.63, 3.8) is 0 Å². The van der Waals surface area contributed by atoms with Gasteiger partial charge in [-0.2, -0.15) is 0 Å². The van der Waals surface area contributed by atoms with Crippen molar-refractivity contribution in [1.29, 1.82) is 0 Å². The van der Waals surface area contributed by atoms with E-state index < -0.39 is 21.4 Å². The molecule has 8 heteroatoms. The highest BCUT2D eigenvalue weighted by Gasteiger charge is 2.40. The Kier molecular flexibility index (Phi) is 4.82. The summed E-state index contributed by atoms with van der Waals surface area (Å²) in [5, 5.41) is 9.01. The summed E-state index contributed by atoms with van der Waals surface area (Å²) >= 11 is 11.8. The van der Waals surface area contributed by atoms with Gasteiger partial charge in [0.05, 0.1) is 16.5 Å². The third-order valence-electron chi connectivity index (χ3n) is 3.77. The fraction of sp³-hybridized carbons (Fsp3) is 0.462. The molecule has 1 aromatic rings. The topological polar surface area (TPSA) is 83.5 Å². The van der Waals surface area contributed by atoms with Crippen LogP contribution in [-0.4, -0.2) is 26.0 Å². The third-order valence-corrected chi connectivity index (χ3v) is 6.12. The molecule has 2 N–H and O–H groups in total. The van der Waals surface area contributed by atoms with E-state index in [-0.39, 0.29) is 27.9 Å². The number of halogens is 2. The number of aliphatic carboxylic acids is 1. The molecule has 1 aliphatic carbocycles. The van der Waals surface area contributed by atoms with Gasteiger partial charge in [0.25, 0.3) is 0 Å². The van der Waals surface area contributed by atoms with Crippen LogP contribution in [0.15, 0.2) is 23.1 Å². The lowest BCUT2D eigenvalue weighted by Gasteiger charge is -2.40. The molecule has 0 spiro atoms. The molecule has 1 aromatic carbocycles. The predicted octanol–water partition coefficient (Wildman–Crippen LogP) is 2.92. The van der Waals surface area contributed by atoms with Crippen LogP contribution < -0.4 is 4.72 Å². The first kappa shape index (κ1) is 16.5. The minimum Gasteiger partial charge on any atom is -0.481 e. The molecule has 116 valence electrons. The van der Waals surface area contributed by atoms with Gasteiger partial charge in [-0.3, -0.25) is 4.79 Å². The molecule has 0 radical (unpaired) electrons. The number of carboxylic acid groups (broad SMARTS) is 1. The van der Waals surface area contributed by atoms with Crippen LogP contribution in [0.5, 0.6) is 0 Å². The van der Waals surface area contributed by atoms with Gasteiger partial charge >= 0.3 is 5.97 Å². The van der Waals surface area contributed by atoms with Crippen LogP contribution in [0, 0.1) is 5.41 Å². The molecule has 0 aromatic heterocycles. The van der Waals surface area contributed by atoms with Crippen molar-refractivity contribution in [2.24, 2.45) is 5.41 Å². The quantitative estimate of drug-likeness (QED) is 0.825. The first-order valence-corrected chi connectivity index (χ1v) is 8.65. The van der Waals surface area contributed by atoms with Gasteiger partial charge in [0.2, 0.25) is 10.0 Å². The van der Waals surface area contributed by atoms with Gasteiger partial charge in [-0.1, -0.05) is 35.7 Å². The zero-order valence-electron chi connectivity index (χ0n) is 11.1. The lowest BCUT2D eigenvalue weighted by molar-refractivity contribution is -0.141. The monoisotopic (exact) mass is 351 g/mol. The minimum atomic E-state index is -3.87. The SMILES string of the molecule is O=C(O)CC1(CNS(=O)(=O)c2c(Cl)cccc2Cl)CCC1. The highest BCUT2D eigenvalue weighted by molar-refractivity contribution is 7.89. The number of rotatable bonds is 6. The van der Waals surface area contributed by atoms with E-state index in [1.54, 1.807) is 6.07 Å². The summed E-state index contributed by atoms with van der Waals surface area (Å²) in [5.41, 5.74) is -0.507. The molecule has 0 heterocycles. The van der Waals surface area contributed by atoms with Crippen molar-refractivity contribution >= 4 is 39.2 Å². The van der Waals surface area contributed by atoms with Crippen LogP contribution in [0.2, 0.25) is 10.0 Å². The van der Waals surface area contributed by atoms with Gasteiger partial charge < -0.3 is 5.11 Å². The zero-order valence-corrected chi connectivity index (χ0v) is 13.4. The Hall–Kier alpha value is -0.820. The van der Waals surface area contributed by atoms with Crippen LogP contribution in [0.25, 0.3) is 0 Å². The summed E-state index contributed by atoms with van der Waals surface area (Å²) < 4.78 is 27.1.